The van der Waals surface area contributed by atoms with E-state index in [-0.39, 0.29) is 18.7 Å². The average molecular weight is 235 g/mol. The Morgan fingerprint density at radius 2 is 2.12 bits per heavy atom. The summed E-state index contributed by atoms with van der Waals surface area (Å²) in [5.74, 6) is 0. The van der Waals surface area contributed by atoms with Gasteiger partial charge in [-0.15, -0.1) is 0 Å². The van der Waals surface area contributed by atoms with Gasteiger partial charge in [0.25, 0.3) is 0 Å². The highest BCUT2D eigenvalue weighted by atomic mass is 16.6. The van der Waals surface area contributed by atoms with Gasteiger partial charge in [0.1, 0.15) is 0 Å². The molecule has 0 saturated carbocycles. The van der Waals surface area contributed by atoms with Crippen LogP contribution in [0.1, 0.15) is 18.4 Å². The monoisotopic (exact) mass is 235 g/mol. The Balaban J connectivity index is 2.11. The molecule has 0 bridgehead atoms. The molecule has 0 spiro atoms. The van der Waals surface area contributed by atoms with Crippen LogP contribution in [0, 0.1) is 0 Å². The van der Waals surface area contributed by atoms with Gasteiger partial charge in [0.15, 0.2) is 0 Å². The van der Waals surface area contributed by atoms with Crippen molar-refractivity contribution in [2.75, 3.05) is 13.2 Å². The van der Waals surface area contributed by atoms with Gasteiger partial charge in [-0.1, -0.05) is 30.3 Å². The number of ether oxygens (including phenoxy) is 1. The van der Waals surface area contributed by atoms with Crippen molar-refractivity contribution in [2.24, 2.45) is 0 Å². The number of hydrogen-bond acceptors (Lipinski definition) is 3. The molecule has 4 nitrogen and oxygen atoms in total. The second-order valence-electron chi connectivity index (χ2n) is 4.21. The SMILES string of the molecule is O=C1OCCC[C@@H](CO)N1Cc1ccccc1. The van der Waals surface area contributed by atoms with Crippen LogP contribution in [0.2, 0.25) is 0 Å². The molecule has 17 heavy (non-hydrogen) atoms. The first-order valence-corrected chi connectivity index (χ1v) is 5.89. The summed E-state index contributed by atoms with van der Waals surface area (Å²) in [7, 11) is 0. The van der Waals surface area contributed by atoms with Crippen LogP contribution in [0.3, 0.4) is 0 Å². The molecule has 1 amide bonds. The number of cyclic esters (lactones) is 1. The number of hydrogen-bond donors (Lipinski definition) is 1. The van der Waals surface area contributed by atoms with Crippen molar-refractivity contribution in [2.45, 2.75) is 25.4 Å². The van der Waals surface area contributed by atoms with Crippen molar-refractivity contribution in [1.29, 1.82) is 0 Å². The third kappa shape index (κ3) is 2.97. The Bertz CT molecular complexity index is 366. The van der Waals surface area contributed by atoms with Crippen LogP contribution < -0.4 is 0 Å². The summed E-state index contributed by atoms with van der Waals surface area (Å²) in [5.41, 5.74) is 1.05. The molecule has 0 aliphatic carbocycles. The Kier molecular flexibility index (Phi) is 3.98. The zero-order chi connectivity index (χ0) is 12.1. The maximum Gasteiger partial charge on any atom is 0.410 e. The van der Waals surface area contributed by atoms with E-state index in [4.69, 9.17) is 4.74 Å². The highest BCUT2D eigenvalue weighted by molar-refractivity contribution is 5.68. The van der Waals surface area contributed by atoms with E-state index in [1.54, 1.807) is 4.90 Å². The summed E-state index contributed by atoms with van der Waals surface area (Å²) in [5, 5.41) is 9.33. The molecule has 1 saturated heterocycles. The van der Waals surface area contributed by atoms with Crippen LogP contribution in [0.15, 0.2) is 30.3 Å². The molecular weight excluding hydrogens is 218 g/mol. The molecule has 4 heteroatoms. The topological polar surface area (TPSA) is 49.8 Å². The van der Waals surface area contributed by atoms with Gasteiger partial charge >= 0.3 is 6.09 Å². The smallest absolute Gasteiger partial charge is 0.410 e. The number of nitrogens with zero attached hydrogens (tertiary/aromatic N) is 1. The van der Waals surface area contributed by atoms with Crippen LogP contribution >= 0.6 is 0 Å². The van der Waals surface area contributed by atoms with Crippen LogP contribution in [-0.2, 0) is 11.3 Å². The standard InChI is InChI=1S/C13H17NO3/c15-10-12-7-4-8-17-13(16)14(12)9-11-5-2-1-3-6-11/h1-3,5-6,12,15H,4,7-10H2/t12-/m0/s1. The summed E-state index contributed by atoms with van der Waals surface area (Å²) >= 11 is 0. The number of rotatable bonds is 3. The molecular formula is C13H17NO3. The van der Waals surface area contributed by atoms with Crippen molar-refractivity contribution < 1.29 is 14.6 Å². The normalized spacial score (nSPS) is 20.9. The Morgan fingerprint density at radius 1 is 1.35 bits per heavy atom. The van der Waals surface area contributed by atoms with Crippen molar-refractivity contribution in [3.8, 4) is 0 Å². The average Bonchev–Trinajstić information content (AvgIpc) is 2.54. The van der Waals surface area contributed by atoms with E-state index in [1.807, 2.05) is 30.3 Å². The summed E-state index contributed by atoms with van der Waals surface area (Å²) in [6, 6.07) is 9.61. The molecule has 1 aliphatic rings. The van der Waals surface area contributed by atoms with Crippen LogP contribution in [0.5, 0.6) is 0 Å². The zero-order valence-corrected chi connectivity index (χ0v) is 9.71. The molecule has 1 N–H and O–H groups in total. The zero-order valence-electron chi connectivity index (χ0n) is 9.71. The minimum absolute atomic E-state index is 0.0120. The van der Waals surface area contributed by atoms with E-state index >= 15 is 0 Å². The van der Waals surface area contributed by atoms with E-state index in [9.17, 15) is 9.90 Å². The van der Waals surface area contributed by atoms with E-state index in [2.05, 4.69) is 0 Å². The molecule has 1 fully saturated rings. The number of aliphatic hydroxyl groups is 1. The lowest BCUT2D eigenvalue weighted by molar-refractivity contribution is 0.0842. The van der Waals surface area contributed by atoms with Gasteiger partial charge in [0, 0.05) is 6.54 Å². The summed E-state index contributed by atoms with van der Waals surface area (Å²) in [6.07, 6.45) is 1.27. The van der Waals surface area contributed by atoms with E-state index < -0.39 is 0 Å². The minimum atomic E-state index is -0.328. The van der Waals surface area contributed by atoms with Gasteiger partial charge in [-0.2, -0.15) is 0 Å². The molecule has 0 aromatic heterocycles. The van der Waals surface area contributed by atoms with Gasteiger partial charge in [-0.05, 0) is 18.4 Å². The Morgan fingerprint density at radius 3 is 2.82 bits per heavy atom. The third-order valence-corrected chi connectivity index (χ3v) is 2.99. The molecule has 1 aromatic rings. The maximum absolute atomic E-state index is 11.8. The predicted octanol–water partition coefficient (Wildman–Crippen LogP) is 1.78. The molecule has 1 atom stereocenters. The quantitative estimate of drug-likeness (QED) is 0.868. The first-order valence-electron chi connectivity index (χ1n) is 5.89. The van der Waals surface area contributed by atoms with Crippen molar-refractivity contribution >= 4 is 6.09 Å². The largest absolute Gasteiger partial charge is 0.449 e. The lowest BCUT2D eigenvalue weighted by Gasteiger charge is -2.27. The third-order valence-electron chi connectivity index (χ3n) is 2.99. The van der Waals surface area contributed by atoms with Crippen LogP contribution in [0.4, 0.5) is 4.79 Å². The van der Waals surface area contributed by atoms with Crippen LogP contribution in [-0.4, -0.2) is 35.4 Å². The lowest BCUT2D eigenvalue weighted by atomic mass is 10.1. The molecule has 0 radical (unpaired) electrons. The number of aliphatic hydroxyl groups excluding tert-OH is 1. The summed E-state index contributed by atoms with van der Waals surface area (Å²) in [4.78, 5) is 13.4. The van der Waals surface area contributed by atoms with Crippen molar-refractivity contribution in [1.82, 2.24) is 4.90 Å². The minimum Gasteiger partial charge on any atom is -0.449 e. The number of carbonyl (C=O) groups is 1. The molecule has 1 aliphatic heterocycles. The van der Waals surface area contributed by atoms with Gasteiger partial charge < -0.3 is 9.84 Å². The second kappa shape index (κ2) is 5.68. The number of carbonyl (C=O) groups excluding carboxylic acids is 1. The fourth-order valence-corrected chi connectivity index (χ4v) is 2.03. The summed E-state index contributed by atoms with van der Waals surface area (Å²) in [6.45, 7) is 0.924. The van der Waals surface area contributed by atoms with Crippen molar-refractivity contribution in [3.63, 3.8) is 0 Å². The van der Waals surface area contributed by atoms with Gasteiger partial charge in [0.05, 0.1) is 19.3 Å². The van der Waals surface area contributed by atoms with Crippen molar-refractivity contribution in [3.05, 3.63) is 35.9 Å². The maximum atomic E-state index is 11.8. The Hall–Kier alpha value is -1.55. The molecule has 1 aromatic carbocycles. The van der Waals surface area contributed by atoms with Gasteiger partial charge in [-0.25, -0.2) is 4.79 Å². The van der Waals surface area contributed by atoms with E-state index in [0.29, 0.717) is 13.2 Å². The lowest BCUT2D eigenvalue weighted by Crippen LogP contribution is -2.40. The van der Waals surface area contributed by atoms with E-state index in [0.717, 1.165) is 18.4 Å². The molecule has 1 heterocycles. The van der Waals surface area contributed by atoms with Gasteiger partial charge in [0.2, 0.25) is 0 Å². The number of benzene rings is 1. The molecule has 0 unspecified atom stereocenters. The fourth-order valence-electron chi connectivity index (χ4n) is 2.03. The Labute approximate surface area is 101 Å². The molecule has 92 valence electrons. The van der Waals surface area contributed by atoms with Crippen LogP contribution in [0.25, 0.3) is 0 Å². The highest BCUT2D eigenvalue weighted by Gasteiger charge is 2.27. The first kappa shape index (κ1) is 11.9. The van der Waals surface area contributed by atoms with E-state index in [1.165, 1.54) is 0 Å². The molecule has 2 rings (SSSR count). The predicted molar refractivity (Wildman–Crippen MR) is 63.4 cm³/mol. The number of amides is 1. The van der Waals surface area contributed by atoms with Gasteiger partial charge in [-0.3, -0.25) is 4.90 Å². The second-order valence-corrected chi connectivity index (χ2v) is 4.21. The highest BCUT2D eigenvalue weighted by Crippen LogP contribution is 2.17. The first-order chi connectivity index (χ1) is 8.31. The summed E-state index contributed by atoms with van der Waals surface area (Å²) < 4.78 is 5.10. The fraction of sp³-hybridized carbons (Fsp3) is 0.462.